The van der Waals surface area contributed by atoms with Gasteiger partial charge in [-0.2, -0.15) is 0 Å². The van der Waals surface area contributed by atoms with E-state index >= 15 is 0 Å². The molecule has 4 aliphatic carbocycles. The summed E-state index contributed by atoms with van der Waals surface area (Å²) in [7, 11) is 0. The summed E-state index contributed by atoms with van der Waals surface area (Å²) < 4.78 is 0. The van der Waals surface area contributed by atoms with Crippen LogP contribution in [0.3, 0.4) is 0 Å². The Morgan fingerprint density at radius 1 is 0.714 bits per heavy atom. The number of hydrogen-bond donors (Lipinski definition) is 3. The summed E-state index contributed by atoms with van der Waals surface area (Å²) in [6, 6.07) is 22.6. The van der Waals surface area contributed by atoms with E-state index < -0.39 is 11.9 Å². The lowest BCUT2D eigenvalue weighted by Gasteiger charge is -2.57. The Labute approximate surface area is 205 Å². The zero-order valence-corrected chi connectivity index (χ0v) is 19.7. The topological polar surface area (TPSA) is 78.4 Å². The maximum absolute atomic E-state index is 12.7. The Kier molecular flexibility index (Phi) is 5.36. The van der Waals surface area contributed by atoms with Gasteiger partial charge in [-0.25, -0.2) is 4.79 Å². The average molecular weight is 467 g/mol. The predicted molar refractivity (Wildman–Crippen MR) is 137 cm³/mol. The summed E-state index contributed by atoms with van der Waals surface area (Å²) in [4.78, 5) is 24.2. The number of anilines is 3. The van der Waals surface area contributed by atoms with E-state index in [1.165, 1.54) is 56.2 Å². The largest absolute Gasteiger partial charge is 0.478 e. The molecule has 0 aliphatic heterocycles. The maximum Gasteiger partial charge on any atom is 0.336 e. The fourth-order valence-corrected chi connectivity index (χ4v) is 7.28. The third kappa shape index (κ3) is 4.20. The van der Waals surface area contributed by atoms with Crippen molar-refractivity contribution in [3.05, 3.63) is 89.5 Å². The Balaban J connectivity index is 1.16. The van der Waals surface area contributed by atoms with Gasteiger partial charge in [0.05, 0.1) is 11.1 Å². The van der Waals surface area contributed by atoms with Crippen molar-refractivity contribution in [3.8, 4) is 0 Å². The highest BCUT2D eigenvalue weighted by atomic mass is 16.4. The second kappa shape index (κ2) is 8.56. The Hall–Kier alpha value is -3.60. The lowest BCUT2D eigenvalue weighted by molar-refractivity contribution is -0.00518. The van der Waals surface area contributed by atoms with E-state index in [1.807, 2.05) is 18.2 Å². The number of nitrogens with one attached hydrogen (secondary N) is 2. The van der Waals surface area contributed by atoms with E-state index in [9.17, 15) is 14.7 Å². The summed E-state index contributed by atoms with van der Waals surface area (Å²) in [6.07, 6.45) is 8.44. The van der Waals surface area contributed by atoms with Gasteiger partial charge in [0.15, 0.2) is 0 Å². The molecule has 0 aromatic heterocycles. The van der Waals surface area contributed by atoms with Crippen molar-refractivity contribution < 1.29 is 14.7 Å². The monoisotopic (exact) mass is 466 g/mol. The summed E-state index contributed by atoms with van der Waals surface area (Å²) in [5.74, 6) is 1.22. The van der Waals surface area contributed by atoms with Crippen LogP contribution in [0.5, 0.6) is 0 Å². The zero-order valence-electron chi connectivity index (χ0n) is 19.7. The first-order valence-corrected chi connectivity index (χ1v) is 12.6. The SMILES string of the molecule is O=C(O)c1ccccc1C(=O)Nc1cccc(Nc2ccc(C34CC5CC(CC(C5)C3)C4)cc2)c1. The zero-order chi connectivity index (χ0) is 24.0. The Morgan fingerprint density at radius 2 is 1.31 bits per heavy atom. The summed E-state index contributed by atoms with van der Waals surface area (Å²) in [5, 5.41) is 15.6. The fourth-order valence-electron chi connectivity index (χ4n) is 7.28. The Morgan fingerprint density at radius 3 is 1.94 bits per heavy atom. The number of benzene rings is 3. The molecule has 178 valence electrons. The average Bonchev–Trinajstić information content (AvgIpc) is 2.84. The van der Waals surface area contributed by atoms with Gasteiger partial charge in [-0.1, -0.05) is 30.3 Å². The van der Waals surface area contributed by atoms with Crippen molar-refractivity contribution in [1.29, 1.82) is 0 Å². The molecular formula is C30H30N2O3. The first-order chi connectivity index (χ1) is 17.0. The minimum atomic E-state index is -1.12. The van der Waals surface area contributed by atoms with E-state index in [2.05, 4.69) is 34.9 Å². The molecule has 35 heavy (non-hydrogen) atoms. The highest BCUT2D eigenvalue weighted by molar-refractivity contribution is 6.10. The van der Waals surface area contributed by atoms with Gasteiger partial charge in [-0.05, 0) is 110 Å². The number of carboxylic acid groups (broad SMARTS) is 1. The molecule has 0 radical (unpaired) electrons. The normalized spacial score (nSPS) is 26.3. The van der Waals surface area contributed by atoms with Crippen molar-refractivity contribution in [1.82, 2.24) is 0 Å². The van der Waals surface area contributed by atoms with Crippen LogP contribution < -0.4 is 10.6 Å². The molecule has 0 spiro atoms. The standard InChI is InChI=1S/C30H30N2O3/c33-28(26-6-1-2-7-27(26)29(34)35)32-25-5-3-4-24(15-25)31-23-10-8-22(9-11-23)30-16-19-12-20(17-30)14-21(13-19)18-30/h1-11,15,19-21,31H,12-14,16-18H2,(H,32,33)(H,34,35). The second-order valence-corrected chi connectivity index (χ2v) is 10.8. The minimum absolute atomic E-state index is 0.0154. The van der Waals surface area contributed by atoms with Crippen LogP contribution >= 0.6 is 0 Å². The number of carbonyl (C=O) groups excluding carboxylic acids is 1. The van der Waals surface area contributed by atoms with Gasteiger partial charge < -0.3 is 15.7 Å². The number of rotatable bonds is 6. The number of hydrogen-bond acceptors (Lipinski definition) is 3. The van der Waals surface area contributed by atoms with E-state index in [4.69, 9.17) is 0 Å². The fraction of sp³-hybridized carbons (Fsp3) is 0.333. The van der Waals surface area contributed by atoms with Crippen LogP contribution in [0.1, 0.15) is 64.8 Å². The lowest BCUT2D eigenvalue weighted by atomic mass is 9.48. The van der Waals surface area contributed by atoms with Crippen LogP contribution in [0.25, 0.3) is 0 Å². The van der Waals surface area contributed by atoms with E-state index in [0.717, 1.165) is 29.1 Å². The summed E-state index contributed by atoms with van der Waals surface area (Å²) >= 11 is 0. The quantitative estimate of drug-likeness (QED) is 0.371. The molecule has 0 heterocycles. The van der Waals surface area contributed by atoms with Gasteiger partial charge >= 0.3 is 5.97 Å². The summed E-state index contributed by atoms with van der Waals surface area (Å²) in [5.41, 5.74) is 4.49. The first kappa shape index (κ1) is 21.9. The van der Waals surface area contributed by atoms with Gasteiger partial charge in [0.25, 0.3) is 5.91 Å². The van der Waals surface area contributed by atoms with Crippen molar-refractivity contribution in [3.63, 3.8) is 0 Å². The van der Waals surface area contributed by atoms with Gasteiger partial charge in [0.2, 0.25) is 0 Å². The molecule has 4 bridgehead atoms. The number of carboxylic acids is 1. The van der Waals surface area contributed by atoms with Crippen LogP contribution in [0, 0.1) is 17.8 Å². The van der Waals surface area contributed by atoms with Crippen molar-refractivity contribution in [2.75, 3.05) is 10.6 Å². The molecule has 3 aromatic rings. The van der Waals surface area contributed by atoms with Crippen molar-refractivity contribution in [2.24, 2.45) is 17.8 Å². The molecule has 7 rings (SSSR count). The lowest BCUT2D eigenvalue weighted by Crippen LogP contribution is -2.48. The Bertz CT molecular complexity index is 1250. The molecule has 4 aliphatic rings. The highest BCUT2D eigenvalue weighted by Crippen LogP contribution is 2.60. The molecule has 0 atom stereocenters. The molecule has 5 nitrogen and oxygen atoms in total. The van der Waals surface area contributed by atoms with Crippen molar-refractivity contribution in [2.45, 2.75) is 43.9 Å². The van der Waals surface area contributed by atoms with Crippen LogP contribution in [-0.2, 0) is 5.41 Å². The second-order valence-electron chi connectivity index (χ2n) is 10.8. The highest BCUT2D eigenvalue weighted by Gasteiger charge is 2.51. The van der Waals surface area contributed by atoms with Gasteiger partial charge in [-0.15, -0.1) is 0 Å². The first-order valence-electron chi connectivity index (χ1n) is 12.6. The summed E-state index contributed by atoms with van der Waals surface area (Å²) in [6.45, 7) is 0. The van der Waals surface area contributed by atoms with Crippen molar-refractivity contribution >= 4 is 28.9 Å². The molecule has 3 N–H and O–H groups in total. The number of carbonyl (C=O) groups is 2. The smallest absolute Gasteiger partial charge is 0.336 e. The molecular weight excluding hydrogens is 436 g/mol. The maximum atomic E-state index is 12.7. The van der Waals surface area contributed by atoms with E-state index in [1.54, 1.807) is 18.2 Å². The molecule has 3 aromatic carbocycles. The number of aromatic carboxylic acids is 1. The number of amides is 1. The molecule has 4 fully saturated rings. The molecule has 0 saturated heterocycles. The minimum Gasteiger partial charge on any atom is -0.478 e. The van der Waals surface area contributed by atoms with Gasteiger partial charge in [-0.3, -0.25) is 4.79 Å². The molecule has 0 unspecified atom stereocenters. The van der Waals surface area contributed by atoms with Gasteiger partial charge in [0.1, 0.15) is 0 Å². The molecule has 4 saturated carbocycles. The third-order valence-corrected chi connectivity index (χ3v) is 8.35. The third-order valence-electron chi connectivity index (χ3n) is 8.35. The van der Waals surface area contributed by atoms with Crippen LogP contribution in [0.15, 0.2) is 72.8 Å². The molecule has 5 heteroatoms. The van der Waals surface area contributed by atoms with E-state index in [0.29, 0.717) is 11.1 Å². The van der Waals surface area contributed by atoms with Crippen LogP contribution in [0.4, 0.5) is 17.1 Å². The van der Waals surface area contributed by atoms with Gasteiger partial charge in [0, 0.05) is 17.1 Å². The molecule has 1 amide bonds. The van der Waals surface area contributed by atoms with Crippen LogP contribution in [-0.4, -0.2) is 17.0 Å². The predicted octanol–water partition coefficient (Wildman–Crippen LogP) is 6.85. The van der Waals surface area contributed by atoms with Crippen LogP contribution in [0.2, 0.25) is 0 Å². The van der Waals surface area contributed by atoms with E-state index in [-0.39, 0.29) is 11.1 Å².